The van der Waals surface area contributed by atoms with E-state index in [1.165, 1.54) is 19.3 Å². The van der Waals surface area contributed by atoms with E-state index in [2.05, 4.69) is 45.5 Å². The molecule has 0 bridgehead atoms. The monoisotopic (exact) mass is 471 g/mol. The third-order valence-corrected chi connectivity index (χ3v) is 6.99. The summed E-state index contributed by atoms with van der Waals surface area (Å²) in [7, 11) is 4.04. The zero-order valence-electron chi connectivity index (χ0n) is 20.6. The SMILES string of the molecule is CN(C)c1ccc(/C=C2\CCn3c2nc2cc(NC(=O)CCN4CCCCC4)ccc2c3=O)cc1. The van der Waals surface area contributed by atoms with Crippen molar-refractivity contribution in [3.05, 3.63) is 64.2 Å². The van der Waals surface area contributed by atoms with Crippen LogP contribution in [0.1, 0.15) is 43.5 Å². The van der Waals surface area contributed by atoms with E-state index in [4.69, 9.17) is 4.98 Å². The first kappa shape index (κ1) is 23.3. The van der Waals surface area contributed by atoms with E-state index in [0.29, 0.717) is 35.4 Å². The van der Waals surface area contributed by atoms with Crippen molar-refractivity contribution in [3.63, 3.8) is 0 Å². The number of hydrogen-bond donors (Lipinski definition) is 1. The first-order valence-electron chi connectivity index (χ1n) is 12.5. The van der Waals surface area contributed by atoms with E-state index < -0.39 is 0 Å². The molecule has 1 aromatic heterocycles. The molecule has 182 valence electrons. The number of amides is 1. The number of aromatic nitrogens is 2. The molecule has 5 rings (SSSR count). The predicted octanol–water partition coefficient (Wildman–Crippen LogP) is 4.22. The molecule has 1 saturated heterocycles. The highest BCUT2D eigenvalue weighted by molar-refractivity contribution is 5.94. The minimum Gasteiger partial charge on any atom is -0.378 e. The number of nitrogens with zero attached hydrogens (tertiary/aromatic N) is 4. The number of piperidine rings is 1. The van der Waals surface area contributed by atoms with Gasteiger partial charge in [0.2, 0.25) is 5.91 Å². The zero-order chi connectivity index (χ0) is 24.4. The van der Waals surface area contributed by atoms with Gasteiger partial charge < -0.3 is 15.1 Å². The molecule has 7 nitrogen and oxygen atoms in total. The van der Waals surface area contributed by atoms with Crippen LogP contribution in [0.25, 0.3) is 22.6 Å². The Bertz CT molecular complexity index is 1320. The molecule has 0 aliphatic carbocycles. The van der Waals surface area contributed by atoms with Crippen LogP contribution in [-0.2, 0) is 11.3 Å². The van der Waals surface area contributed by atoms with Gasteiger partial charge in [0.05, 0.1) is 10.9 Å². The first-order chi connectivity index (χ1) is 17.0. The molecule has 0 spiro atoms. The second-order valence-corrected chi connectivity index (χ2v) is 9.73. The summed E-state index contributed by atoms with van der Waals surface area (Å²) in [5, 5.41) is 3.57. The summed E-state index contributed by atoms with van der Waals surface area (Å²) in [6.07, 6.45) is 7.08. The molecule has 1 N–H and O–H groups in total. The third-order valence-electron chi connectivity index (χ3n) is 6.99. The standard InChI is InChI=1S/C28H33N5O2/c1-31(2)23-9-6-20(7-10-23)18-21-12-17-33-27(21)30-25-19-22(8-11-24(25)28(33)35)29-26(34)13-16-32-14-4-3-5-15-32/h6-11,18-19H,3-5,12-17H2,1-2H3,(H,29,34)/b21-18+. The van der Waals surface area contributed by atoms with Crippen molar-refractivity contribution >= 4 is 39.8 Å². The predicted molar refractivity (Wildman–Crippen MR) is 143 cm³/mol. The highest BCUT2D eigenvalue weighted by Gasteiger charge is 2.21. The molecule has 3 aromatic rings. The lowest BCUT2D eigenvalue weighted by Gasteiger charge is -2.25. The van der Waals surface area contributed by atoms with E-state index in [-0.39, 0.29) is 11.5 Å². The van der Waals surface area contributed by atoms with Gasteiger partial charge in [0.1, 0.15) is 5.82 Å². The lowest BCUT2D eigenvalue weighted by atomic mass is 10.1. The van der Waals surface area contributed by atoms with Gasteiger partial charge in [-0.2, -0.15) is 0 Å². The van der Waals surface area contributed by atoms with Gasteiger partial charge in [-0.1, -0.05) is 18.6 Å². The van der Waals surface area contributed by atoms with E-state index in [9.17, 15) is 9.59 Å². The van der Waals surface area contributed by atoms with Gasteiger partial charge in [-0.05, 0) is 79.9 Å². The molecule has 7 heteroatoms. The molecule has 2 aliphatic rings. The number of hydrogen-bond acceptors (Lipinski definition) is 5. The molecule has 2 aromatic carbocycles. The molecule has 2 aliphatic heterocycles. The second-order valence-electron chi connectivity index (χ2n) is 9.73. The Morgan fingerprint density at radius 1 is 1.06 bits per heavy atom. The van der Waals surface area contributed by atoms with Crippen molar-refractivity contribution in [2.24, 2.45) is 0 Å². The number of rotatable bonds is 6. The highest BCUT2D eigenvalue weighted by Crippen LogP contribution is 2.28. The summed E-state index contributed by atoms with van der Waals surface area (Å²) < 4.78 is 1.76. The lowest BCUT2D eigenvalue weighted by molar-refractivity contribution is -0.116. The molecular formula is C28H33N5O2. The van der Waals surface area contributed by atoms with Crippen LogP contribution in [0.4, 0.5) is 11.4 Å². The molecule has 0 radical (unpaired) electrons. The number of anilines is 2. The smallest absolute Gasteiger partial charge is 0.261 e. The summed E-state index contributed by atoms with van der Waals surface area (Å²) in [5.41, 5.74) is 4.55. The van der Waals surface area contributed by atoms with Crippen LogP contribution in [0.2, 0.25) is 0 Å². The Morgan fingerprint density at radius 2 is 1.83 bits per heavy atom. The van der Waals surface area contributed by atoms with Gasteiger partial charge in [0, 0.05) is 45.0 Å². The number of nitrogens with one attached hydrogen (secondary N) is 1. The van der Waals surface area contributed by atoms with Gasteiger partial charge in [0.15, 0.2) is 0 Å². The number of likely N-dealkylation sites (tertiary alicyclic amines) is 1. The number of carbonyl (C=O) groups is 1. The Labute approximate surface area is 206 Å². The van der Waals surface area contributed by atoms with Crippen molar-refractivity contribution in [2.75, 3.05) is 43.9 Å². The van der Waals surface area contributed by atoms with Crippen LogP contribution in [0.3, 0.4) is 0 Å². The van der Waals surface area contributed by atoms with E-state index in [1.807, 2.05) is 20.2 Å². The summed E-state index contributed by atoms with van der Waals surface area (Å²) in [4.78, 5) is 35.0. The van der Waals surface area contributed by atoms with Crippen LogP contribution < -0.4 is 15.8 Å². The second kappa shape index (κ2) is 10.0. The summed E-state index contributed by atoms with van der Waals surface area (Å²) in [6, 6.07) is 13.7. The summed E-state index contributed by atoms with van der Waals surface area (Å²) in [6.45, 7) is 3.58. The minimum atomic E-state index is -0.0284. The Hall–Kier alpha value is -3.45. The van der Waals surface area contributed by atoms with Gasteiger partial charge in [-0.25, -0.2) is 4.98 Å². The first-order valence-corrected chi connectivity index (χ1v) is 12.5. The van der Waals surface area contributed by atoms with Crippen molar-refractivity contribution < 1.29 is 4.79 Å². The number of allylic oxidation sites excluding steroid dienone is 1. The average Bonchev–Trinajstić information content (AvgIpc) is 3.26. The molecule has 3 heterocycles. The maximum absolute atomic E-state index is 13.1. The van der Waals surface area contributed by atoms with E-state index in [0.717, 1.165) is 42.9 Å². The molecule has 35 heavy (non-hydrogen) atoms. The van der Waals surface area contributed by atoms with Crippen molar-refractivity contribution in [1.29, 1.82) is 0 Å². The van der Waals surface area contributed by atoms with Crippen LogP contribution >= 0.6 is 0 Å². The fraction of sp³-hybridized carbons (Fsp3) is 0.393. The molecule has 1 amide bonds. The van der Waals surface area contributed by atoms with Crippen molar-refractivity contribution in [2.45, 2.75) is 38.6 Å². The normalized spacial score (nSPS) is 17.0. The van der Waals surface area contributed by atoms with Gasteiger partial charge >= 0.3 is 0 Å². The quantitative estimate of drug-likeness (QED) is 0.583. The Morgan fingerprint density at radius 3 is 2.57 bits per heavy atom. The fourth-order valence-electron chi connectivity index (χ4n) is 4.97. The number of fused-ring (bicyclic) bond motifs is 2. The Kier molecular flexibility index (Phi) is 6.68. The van der Waals surface area contributed by atoms with Crippen molar-refractivity contribution in [1.82, 2.24) is 14.5 Å². The van der Waals surface area contributed by atoms with Crippen LogP contribution in [0.15, 0.2) is 47.3 Å². The topological polar surface area (TPSA) is 70.5 Å². The maximum Gasteiger partial charge on any atom is 0.261 e. The molecule has 0 unspecified atom stereocenters. The zero-order valence-corrected chi connectivity index (χ0v) is 20.6. The van der Waals surface area contributed by atoms with Crippen LogP contribution in [0, 0.1) is 0 Å². The van der Waals surface area contributed by atoms with Crippen LogP contribution in [0.5, 0.6) is 0 Å². The number of benzene rings is 2. The number of carbonyl (C=O) groups excluding carboxylic acids is 1. The molecular weight excluding hydrogens is 438 g/mol. The summed E-state index contributed by atoms with van der Waals surface area (Å²) >= 11 is 0. The fourth-order valence-corrected chi connectivity index (χ4v) is 4.97. The average molecular weight is 472 g/mol. The Balaban J connectivity index is 1.36. The minimum absolute atomic E-state index is 0.00504. The van der Waals surface area contributed by atoms with Gasteiger partial charge in [-0.3, -0.25) is 14.2 Å². The van der Waals surface area contributed by atoms with E-state index in [1.54, 1.807) is 16.7 Å². The third kappa shape index (κ3) is 5.15. The van der Waals surface area contributed by atoms with E-state index >= 15 is 0 Å². The van der Waals surface area contributed by atoms with Crippen LogP contribution in [-0.4, -0.2) is 54.1 Å². The molecule has 0 atom stereocenters. The maximum atomic E-state index is 13.1. The molecule has 1 fully saturated rings. The highest BCUT2D eigenvalue weighted by atomic mass is 16.1. The van der Waals surface area contributed by atoms with Crippen molar-refractivity contribution in [3.8, 4) is 0 Å². The summed E-state index contributed by atoms with van der Waals surface area (Å²) in [5.74, 6) is 0.710. The van der Waals surface area contributed by atoms with Gasteiger partial charge in [-0.15, -0.1) is 0 Å². The van der Waals surface area contributed by atoms with Gasteiger partial charge in [0.25, 0.3) is 5.56 Å². The largest absolute Gasteiger partial charge is 0.378 e. The molecule has 0 saturated carbocycles. The lowest BCUT2D eigenvalue weighted by Crippen LogP contribution is -2.32.